The molecule has 0 amide bonds. The molecule has 1 aliphatic carbocycles. The third-order valence-corrected chi connectivity index (χ3v) is 3.44. The molecule has 15 heavy (non-hydrogen) atoms. The fourth-order valence-corrected chi connectivity index (χ4v) is 1.84. The molecule has 1 saturated carbocycles. The fraction of sp³-hybridized carbons (Fsp3) is 0.917. The molecule has 0 aromatic heterocycles. The van der Waals surface area contributed by atoms with Gasteiger partial charge in [0.2, 0.25) is 0 Å². The first-order chi connectivity index (χ1) is 7.10. The molecule has 0 aromatic carbocycles. The van der Waals surface area contributed by atoms with E-state index in [1.165, 1.54) is 20.0 Å². The molecule has 3 heteroatoms. The van der Waals surface area contributed by atoms with Gasteiger partial charge in [-0.05, 0) is 31.6 Å². The molecule has 0 aliphatic heterocycles. The van der Waals surface area contributed by atoms with Crippen LogP contribution in [0.25, 0.3) is 0 Å². The van der Waals surface area contributed by atoms with E-state index in [9.17, 15) is 4.79 Å². The maximum atomic E-state index is 11.6. The topological polar surface area (TPSA) is 38.3 Å². The monoisotopic (exact) mass is 213 g/mol. The van der Waals surface area contributed by atoms with E-state index >= 15 is 0 Å². The first-order valence-corrected chi connectivity index (χ1v) is 5.94. The van der Waals surface area contributed by atoms with Crippen LogP contribution in [0.1, 0.15) is 40.0 Å². The fourth-order valence-electron chi connectivity index (χ4n) is 1.84. The van der Waals surface area contributed by atoms with Crippen LogP contribution in [0.2, 0.25) is 0 Å². The number of carbonyl (C=O) groups is 1. The van der Waals surface area contributed by atoms with Crippen LogP contribution in [0.15, 0.2) is 0 Å². The molecule has 0 aromatic rings. The van der Waals surface area contributed by atoms with Crippen molar-refractivity contribution in [3.63, 3.8) is 0 Å². The van der Waals surface area contributed by atoms with Gasteiger partial charge in [0.1, 0.15) is 6.04 Å². The highest BCUT2D eigenvalue weighted by Gasteiger charge is 2.33. The molecule has 0 bridgehead atoms. The van der Waals surface area contributed by atoms with Crippen LogP contribution < -0.4 is 5.32 Å². The van der Waals surface area contributed by atoms with Crippen molar-refractivity contribution in [1.82, 2.24) is 5.32 Å². The first-order valence-electron chi connectivity index (χ1n) is 5.94. The van der Waals surface area contributed by atoms with Gasteiger partial charge in [0.25, 0.3) is 0 Å². The molecular weight excluding hydrogens is 190 g/mol. The Bertz CT molecular complexity index is 214. The number of hydrogen-bond acceptors (Lipinski definition) is 3. The van der Waals surface area contributed by atoms with E-state index in [0.29, 0.717) is 12.0 Å². The van der Waals surface area contributed by atoms with Crippen molar-refractivity contribution in [3.05, 3.63) is 0 Å². The summed E-state index contributed by atoms with van der Waals surface area (Å²) in [5.74, 6) is 0.969. The number of esters is 1. The normalized spacial score (nSPS) is 21.9. The lowest BCUT2D eigenvalue weighted by Gasteiger charge is -2.25. The average Bonchev–Trinajstić information content (AvgIpc) is 3.07. The molecule has 1 rings (SSSR count). The van der Waals surface area contributed by atoms with E-state index in [1.807, 2.05) is 0 Å². The standard InChI is InChI=1S/C12H23NO2/c1-5-8(2)11(12(14)15-4)13-9(3)10-6-7-10/h8-11,13H,5-7H2,1-4H3. The van der Waals surface area contributed by atoms with Crippen LogP contribution >= 0.6 is 0 Å². The van der Waals surface area contributed by atoms with Crippen molar-refractivity contribution < 1.29 is 9.53 Å². The second kappa shape index (κ2) is 5.50. The van der Waals surface area contributed by atoms with Gasteiger partial charge >= 0.3 is 5.97 Å². The lowest BCUT2D eigenvalue weighted by molar-refractivity contribution is -0.144. The quantitative estimate of drug-likeness (QED) is 0.685. The van der Waals surface area contributed by atoms with Crippen LogP contribution in [-0.2, 0) is 9.53 Å². The number of carbonyl (C=O) groups excluding carboxylic acids is 1. The summed E-state index contributed by atoms with van der Waals surface area (Å²) in [5.41, 5.74) is 0. The smallest absolute Gasteiger partial charge is 0.323 e. The van der Waals surface area contributed by atoms with Crippen LogP contribution in [-0.4, -0.2) is 25.2 Å². The molecule has 1 fully saturated rings. The maximum Gasteiger partial charge on any atom is 0.323 e. The highest BCUT2D eigenvalue weighted by Crippen LogP contribution is 2.32. The van der Waals surface area contributed by atoms with Gasteiger partial charge in [-0.15, -0.1) is 0 Å². The van der Waals surface area contributed by atoms with Gasteiger partial charge in [-0.2, -0.15) is 0 Å². The zero-order valence-electron chi connectivity index (χ0n) is 10.2. The number of methoxy groups -OCH3 is 1. The highest BCUT2D eigenvalue weighted by molar-refractivity contribution is 5.76. The molecule has 3 unspecified atom stereocenters. The zero-order valence-corrected chi connectivity index (χ0v) is 10.2. The summed E-state index contributed by atoms with van der Waals surface area (Å²) in [7, 11) is 1.46. The van der Waals surface area contributed by atoms with Crippen LogP contribution in [0.4, 0.5) is 0 Å². The summed E-state index contributed by atoms with van der Waals surface area (Å²) in [4.78, 5) is 11.6. The molecule has 0 radical (unpaired) electrons. The molecule has 3 atom stereocenters. The highest BCUT2D eigenvalue weighted by atomic mass is 16.5. The zero-order chi connectivity index (χ0) is 11.4. The number of ether oxygens (including phenoxy) is 1. The minimum Gasteiger partial charge on any atom is -0.468 e. The SMILES string of the molecule is CCC(C)C(NC(C)C1CC1)C(=O)OC. The van der Waals surface area contributed by atoms with Gasteiger partial charge in [0, 0.05) is 6.04 Å². The molecule has 1 N–H and O–H groups in total. The Morgan fingerprint density at radius 2 is 2.07 bits per heavy atom. The Morgan fingerprint density at radius 3 is 2.47 bits per heavy atom. The summed E-state index contributed by atoms with van der Waals surface area (Å²) in [6.45, 7) is 6.36. The van der Waals surface area contributed by atoms with Crippen LogP contribution in [0, 0.1) is 11.8 Å². The summed E-state index contributed by atoms with van der Waals surface area (Å²) in [6.07, 6.45) is 3.58. The Labute approximate surface area is 92.6 Å². The van der Waals surface area contributed by atoms with Crippen LogP contribution in [0.3, 0.4) is 0 Å². The largest absolute Gasteiger partial charge is 0.468 e. The third kappa shape index (κ3) is 3.49. The second-order valence-corrected chi connectivity index (χ2v) is 4.68. The van der Waals surface area contributed by atoms with E-state index < -0.39 is 0 Å². The van der Waals surface area contributed by atoms with Gasteiger partial charge in [0.15, 0.2) is 0 Å². The second-order valence-electron chi connectivity index (χ2n) is 4.68. The van der Waals surface area contributed by atoms with E-state index in [-0.39, 0.29) is 12.0 Å². The first kappa shape index (κ1) is 12.5. The Hall–Kier alpha value is -0.570. The van der Waals surface area contributed by atoms with Gasteiger partial charge in [0.05, 0.1) is 7.11 Å². The molecule has 3 nitrogen and oxygen atoms in total. The van der Waals surface area contributed by atoms with Crippen molar-refractivity contribution in [3.8, 4) is 0 Å². The van der Waals surface area contributed by atoms with Crippen LogP contribution in [0.5, 0.6) is 0 Å². The minimum absolute atomic E-state index is 0.128. The van der Waals surface area contributed by atoms with E-state index in [4.69, 9.17) is 4.74 Å². The van der Waals surface area contributed by atoms with Gasteiger partial charge < -0.3 is 10.1 Å². The maximum absolute atomic E-state index is 11.6. The summed E-state index contributed by atoms with van der Waals surface area (Å²) in [5, 5.41) is 3.41. The van der Waals surface area contributed by atoms with Gasteiger partial charge in [-0.25, -0.2) is 0 Å². The van der Waals surface area contributed by atoms with E-state index in [0.717, 1.165) is 12.3 Å². The van der Waals surface area contributed by atoms with E-state index in [1.54, 1.807) is 0 Å². The molecule has 0 heterocycles. The number of hydrogen-bond donors (Lipinski definition) is 1. The molecular formula is C12H23NO2. The number of rotatable bonds is 6. The molecule has 0 spiro atoms. The van der Waals surface area contributed by atoms with Gasteiger partial charge in [-0.1, -0.05) is 20.3 Å². The van der Waals surface area contributed by atoms with Crippen molar-refractivity contribution in [2.24, 2.45) is 11.8 Å². The van der Waals surface area contributed by atoms with Crippen molar-refractivity contribution >= 4 is 5.97 Å². The Morgan fingerprint density at radius 1 is 1.47 bits per heavy atom. The molecule has 0 saturated heterocycles. The summed E-state index contributed by atoms with van der Waals surface area (Å²) < 4.78 is 4.83. The predicted octanol–water partition coefficient (Wildman–Crippen LogP) is 1.96. The predicted molar refractivity (Wildman–Crippen MR) is 60.6 cm³/mol. The average molecular weight is 213 g/mol. The Balaban J connectivity index is 2.50. The van der Waals surface area contributed by atoms with Crippen molar-refractivity contribution in [2.45, 2.75) is 52.1 Å². The molecule has 1 aliphatic rings. The van der Waals surface area contributed by atoms with E-state index in [2.05, 4.69) is 26.1 Å². The minimum atomic E-state index is -0.143. The summed E-state index contributed by atoms with van der Waals surface area (Å²) in [6, 6.07) is 0.290. The summed E-state index contributed by atoms with van der Waals surface area (Å²) >= 11 is 0. The lowest BCUT2D eigenvalue weighted by atomic mass is 9.98. The van der Waals surface area contributed by atoms with Crippen molar-refractivity contribution in [2.75, 3.05) is 7.11 Å². The lowest BCUT2D eigenvalue weighted by Crippen LogP contribution is -2.47. The Kier molecular flexibility index (Phi) is 4.58. The van der Waals surface area contributed by atoms with Crippen molar-refractivity contribution in [1.29, 1.82) is 0 Å². The number of nitrogens with one attached hydrogen (secondary N) is 1. The third-order valence-electron chi connectivity index (χ3n) is 3.44. The molecule has 88 valence electrons. The van der Waals surface area contributed by atoms with Gasteiger partial charge in [-0.3, -0.25) is 4.79 Å².